The van der Waals surface area contributed by atoms with Gasteiger partial charge < -0.3 is 20.3 Å². The summed E-state index contributed by atoms with van der Waals surface area (Å²) in [5.74, 6) is 0.803. The smallest absolute Gasteiger partial charge is 0.253 e. The summed E-state index contributed by atoms with van der Waals surface area (Å²) < 4.78 is 5.99. The minimum Gasteiger partial charge on any atom is -0.494 e. The summed E-state index contributed by atoms with van der Waals surface area (Å²) in [5, 5.41) is 6.46. The van der Waals surface area contributed by atoms with Crippen LogP contribution < -0.4 is 15.4 Å². The zero-order chi connectivity index (χ0) is 24.5. The van der Waals surface area contributed by atoms with Gasteiger partial charge in [0.15, 0.2) is 0 Å². The Morgan fingerprint density at radius 3 is 2.74 bits per heavy atom. The van der Waals surface area contributed by atoms with Crippen molar-refractivity contribution in [2.45, 2.75) is 25.3 Å². The summed E-state index contributed by atoms with van der Waals surface area (Å²) in [5.41, 5.74) is 3.63. The van der Waals surface area contributed by atoms with Crippen LogP contribution in [0.4, 0.5) is 0 Å². The van der Waals surface area contributed by atoms with Crippen molar-refractivity contribution in [1.29, 1.82) is 0 Å². The van der Waals surface area contributed by atoms with Crippen LogP contribution >= 0.6 is 0 Å². The number of rotatable bonds is 11. The summed E-state index contributed by atoms with van der Waals surface area (Å²) in [6.45, 7) is 2.53. The fourth-order valence-corrected chi connectivity index (χ4v) is 4.26. The van der Waals surface area contributed by atoms with E-state index in [2.05, 4.69) is 15.6 Å². The molecule has 2 amide bonds. The summed E-state index contributed by atoms with van der Waals surface area (Å²) in [6, 6.07) is 19.2. The van der Waals surface area contributed by atoms with Crippen molar-refractivity contribution in [2.75, 3.05) is 33.3 Å². The first kappa shape index (κ1) is 24.4. The molecule has 3 aromatic rings. The molecule has 0 radical (unpaired) electrons. The standard InChI is InChI=1S/C28H32N4O3/c1-32(28(34)22-6-3-2-4-7-22)18-17-30-26(21-11-14-29-15-12-21)8-5-19-35-24-9-10-25-23(20-24)13-16-31-27(25)33/h2-4,6-7,9-12,14-15,20,26,30H,5,8,13,16-19H2,1H3,(H,31,33). The van der Waals surface area contributed by atoms with Crippen LogP contribution in [0.15, 0.2) is 73.1 Å². The molecule has 0 aliphatic carbocycles. The zero-order valence-corrected chi connectivity index (χ0v) is 20.1. The predicted molar refractivity (Wildman–Crippen MR) is 136 cm³/mol. The third kappa shape index (κ3) is 6.67. The van der Waals surface area contributed by atoms with E-state index in [-0.39, 0.29) is 17.9 Å². The van der Waals surface area contributed by atoms with Crippen LogP contribution in [0.25, 0.3) is 0 Å². The molecule has 2 heterocycles. The van der Waals surface area contributed by atoms with Crippen LogP contribution in [-0.2, 0) is 6.42 Å². The van der Waals surface area contributed by atoms with E-state index in [0.29, 0.717) is 31.8 Å². The second-order valence-electron chi connectivity index (χ2n) is 8.70. The lowest BCUT2D eigenvalue weighted by atomic mass is 10.0. The van der Waals surface area contributed by atoms with E-state index in [1.54, 1.807) is 17.3 Å². The van der Waals surface area contributed by atoms with Gasteiger partial charge in [0.25, 0.3) is 11.8 Å². The number of nitrogens with one attached hydrogen (secondary N) is 2. The number of fused-ring (bicyclic) bond motifs is 1. The molecule has 7 nitrogen and oxygen atoms in total. The first-order valence-electron chi connectivity index (χ1n) is 12.1. The van der Waals surface area contributed by atoms with E-state index >= 15 is 0 Å². The lowest BCUT2D eigenvalue weighted by Gasteiger charge is -2.22. The number of carbonyl (C=O) groups excluding carboxylic acids is 2. The third-order valence-electron chi connectivity index (χ3n) is 6.22. The molecule has 2 N–H and O–H groups in total. The molecule has 0 fully saturated rings. The zero-order valence-electron chi connectivity index (χ0n) is 20.1. The summed E-state index contributed by atoms with van der Waals surface area (Å²) >= 11 is 0. The maximum atomic E-state index is 12.6. The fourth-order valence-electron chi connectivity index (χ4n) is 4.26. The average Bonchev–Trinajstić information content (AvgIpc) is 2.90. The minimum absolute atomic E-state index is 0.0137. The number of pyridine rings is 1. The highest BCUT2D eigenvalue weighted by Gasteiger charge is 2.17. The van der Waals surface area contributed by atoms with E-state index in [0.717, 1.165) is 41.7 Å². The Morgan fingerprint density at radius 1 is 1.14 bits per heavy atom. The number of ether oxygens (including phenoxy) is 1. The van der Waals surface area contributed by atoms with Crippen LogP contribution in [-0.4, -0.2) is 55.0 Å². The molecule has 0 saturated heterocycles. The van der Waals surface area contributed by atoms with Crippen LogP contribution in [0.3, 0.4) is 0 Å². The van der Waals surface area contributed by atoms with Crippen molar-refractivity contribution >= 4 is 11.8 Å². The molecule has 1 unspecified atom stereocenters. The molecule has 1 aromatic heterocycles. The number of likely N-dealkylation sites (N-methyl/N-ethyl adjacent to an activating group) is 1. The Balaban J connectivity index is 1.27. The third-order valence-corrected chi connectivity index (χ3v) is 6.22. The molecule has 1 atom stereocenters. The molecule has 0 saturated carbocycles. The molecule has 2 aromatic carbocycles. The Kier molecular flexibility index (Phi) is 8.46. The lowest BCUT2D eigenvalue weighted by Crippen LogP contribution is -2.35. The predicted octanol–water partition coefficient (Wildman–Crippen LogP) is 3.63. The molecule has 0 spiro atoms. The largest absolute Gasteiger partial charge is 0.494 e. The molecular weight excluding hydrogens is 440 g/mol. The van der Waals surface area contributed by atoms with Crippen LogP contribution in [0, 0.1) is 0 Å². The number of benzene rings is 2. The number of carbonyl (C=O) groups is 2. The molecule has 35 heavy (non-hydrogen) atoms. The molecule has 7 heteroatoms. The van der Waals surface area contributed by atoms with Crippen molar-refractivity contribution < 1.29 is 14.3 Å². The quantitative estimate of drug-likeness (QED) is 0.417. The summed E-state index contributed by atoms with van der Waals surface area (Å²) in [7, 11) is 1.83. The van der Waals surface area contributed by atoms with Gasteiger partial charge in [0.05, 0.1) is 6.61 Å². The Hall–Kier alpha value is -3.71. The van der Waals surface area contributed by atoms with E-state index in [9.17, 15) is 9.59 Å². The Bertz CT molecular complexity index is 1120. The van der Waals surface area contributed by atoms with Gasteiger partial charge in [0.2, 0.25) is 0 Å². The van der Waals surface area contributed by atoms with Crippen molar-refractivity contribution in [3.63, 3.8) is 0 Å². The SMILES string of the molecule is CN(CCNC(CCCOc1ccc2c(c1)CCNC2=O)c1ccncc1)C(=O)c1ccccc1. The molecule has 182 valence electrons. The molecular formula is C28H32N4O3. The van der Waals surface area contributed by atoms with Crippen molar-refractivity contribution in [3.8, 4) is 5.75 Å². The highest BCUT2D eigenvalue weighted by Crippen LogP contribution is 2.22. The topological polar surface area (TPSA) is 83.6 Å². The van der Waals surface area contributed by atoms with Crippen LogP contribution in [0.1, 0.15) is 50.7 Å². The van der Waals surface area contributed by atoms with Gasteiger partial charge >= 0.3 is 0 Å². The second-order valence-corrected chi connectivity index (χ2v) is 8.70. The second kappa shape index (κ2) is 12.1. The Morgan fingerprint density at radius 2 is 1.94 bits per heavy atom. The fraction of sp³-hybridized carbons (Fsp3) is 0.321. The van der Waals surface area contributed by atoms with Crippen molar-refractivity contribution in [1.82, 2.24) is 20.5 Å². The van der Waals surface area contributed by atoms with Gasteiger partial charge in [-0.25, -0.2) is 0 Å². The monoisotopic (exact) mass is 472 g/mol. The number of hydrogen-bond donors (Lipinski definition) is 2. The molecule has 4 rings (SSSR count). The normalized spacial score (nSPS) is 13.5. The number of hydrogen-bond acceptors (Lipinski definition) is 5. The number of aromatic nitrogens is 1. The van der Waals surface area contributed by atoms with E-state index < -0.39 is 0 Å². The first-order chi connectivity index (χ1) is 17.1. The van der Waals surface area contributed by atoms with Gasteiger partial charge in [-0.1, -0.05) is 18.2 Å². The number of nitrogens with zero attached hydrogens (tertiary/aromatic N) is 2. The van der Waals surface area contributed by atoms with Gasteiger partial charge in [0, 0.05) is 56.2 Å². The Labute approximate surface area is 206 Å². The number of amides is 2. The maximum absolute atomic E-state index is 12.6. The summed E-state index contributed by atoms with van der Waals surface area (Å²) in [4.78, 5) is 30.4. The molecule has 0 bridgehead atoms. The highest BCUT2D eigenvalue weighted by atomic mass is 16.5. The maximum Gasteiger partial charge on any atom is 0.253 e. The van der Waals surface area contributed by atoms with E-state index in [4.69, 9.17) is 4.74 Å². The van der Waals surface area contributed by atoms with Crippen molar-refractivity contribution in [3.05, 3.63) is 95.3 Å². The molecule has 1 aliphatic rings. The minimum atomic E-state index is -0.0137. The van der Waals surface area contributed by atoms with Gasteiger partial charge in [-0.3, -0.25) is 14.6 Å². The van der Waals surface area contributed by atoms with Gasteiger partial charge in [-0.15, -0.1) is 0 Å². The van der Waals surface area contributed by atoms with Gasteiger partial charge in [0.1, 0.15) is 5.75 Å². The van der Waals surface area contributed by atoms with E-state index in [1.165, 1.54) is 0 Å². The van der Waals surface area contributed by atoms with Crippen LogP contribution in [0.2, 0.25) is 0 Å². The first-order valence-corrected chi connectivity index (χ1v) is 12.1. The average molecular weight is 473 g/mol. The van der Waals surface area contributed by atoms with Crippen molar-refractivity contribution in [2.24, 2.45) is 0 Å². The molecule has 1 aliphatic heterocycles. The highest BCUT2D eigenvalue weighted by molar-refractivity contribution is 5.96. The summed E-state index contributed by atoms with van der Waals surface area (Å²) in [6.07, 6.45) is 6.17. The van der Waals surface area contributed by atoms with Crippen LogP contribution in [0.5, 0.6) is 5.75 Å². The van der Waals surface area contributed by atoms with E-state index in [1.807, 2.05) is 67.7 Å². The van der Waals surface area contributed by atoms with Gasteiger partial charge in [-0.2, -0.15) is 0 Å². The lowest BCUT2D eigenvalue weighted by molar-refractivity contribution is 0.0794. The van der Waals surface area contributed by atoms with Gasteiger partial charge in [-0.05, 0) is 72.9 Å².